The predicted molar refractivity (Wildman–Crippen MR) is 83.3 cm³/mol. The molecule has 6 heteroatoms. The zero-order valence-corrected chi connectivity index (χ0v) is 13.0. The minimum absolute atomic E-state index is 0.00246. The van der Waals surface area contributed by atoms with Crippen LogP contribution in [0.15, 0.2) is 36.4 Å². The van der Waals surface area contributed by atoms with E-state index in [0.29, 0.717) is 5.56 Å². The van der Waals surface area contributed by atoms with Gasteiger partial charge in [-0.2, -0.15) is 0 Å². The molecule has 120 valence electrons. The minimum Gasteiger partial charge on any atom is -0.416 e. The van der Waals surface area contributed by atoms with E-state index in [1.807, 2.05) is 13.8 Å². The van der Waals surface area contributed by atoms with E-state index in [9.17, 15) is 19.3 Å². The molecule has 0 radical (unpaired) electrons. The molecule has 2 rings (SSSR count). The van der Waals surface area contributed by atoms with E-state index in [-0.39, 0.29) is 22.9 Å². The minimum atomic E-state index is -0.840. The molecule has 23 heavy (non-hydrogen) atoms. The molecule has 0 aliphatic heterocycles. The summed E-state index contributed by atoms with van der Waals surface area (Å²) in [4.78, 5) is 22.6. The van der Waals surface area contributed by atoms with Gasteiger partial charge in [-0.05, 0) is 42.2 Å². The van der Waals surface area contributed by atoms with Crippen molar-refractivity contribution in [1.82, 2.24) is 0 Å². The summed E-state index contributed by atoms with van der Waals surface area (Å²) in [5.41, 5.74) is 0.885. The highest BCUT2D eigenvalue weighted by Gasteiger charge is 2.20. The van der Waals surface area contributed by atoms with Crippen LogP contribution in [0.1, 0.15) is 41.3 Å². The fraction of sp³-hybridized carbons (Fsp3) is 0.235. The third kappa shape index (κ3) is 3.71. The van der Waals surface area contributed by atoms with Crippen molar-refractivity contribution >= 4 is 11.7 Å². The van der Waals surface area contributed by atoms with Gasteiger partial charge in [0.05, 0.1) is 10.5 Å². The van der Waals surface area contributed by atoms with Crippen LogP contribution in [0.2, 0.25) is 0 Å². The summed E-state index contributed by atoms with van der Waals surface area (Å²) in [7, 11) is 0. The SMILES string of the molecule is Cc1ccc(C(=O)Oc2cc(C(C)C)ccc2[N+](=O)[O-])cc1F. The van der Waals surface area contributed by atoms with Crippen molar-refractivity contribution in [2.24, 2.45) is 0 Å². The van der Waals surface area contributed by atoms with E-state index >= 15 is 0 Å². The number of halogens is 1. The number of esters is 1. The molecule has 0 heterocycles. The first kappa shape index (κ1) is 16.6. The monoisotopic (exact) mass is 317 g/mol. The molecule has 0 N–H and O–H groups in total. The third-order valence-corrected chi connectivity index (χ3v) is 3.46. The van der Waals surface area contributed by atoms with Crippen LogP contribution in [0, 0.1) is 22.9 Å². The van der Waals surface area contributed by atoms with Crippen molar-refractivity contribution in [2.75, 3.05) is 0 Å². The summed E-state index contributed by atoms with van der Waals surface area (Å²) in [5, 5.41) is 11.1. The first-order valence-corrected chi connectivity index (χ1v) is 7.06. The summed E-state index contributed by atoms with van der Waals surface area (Å²) in [6, 6.07) is 8.30. The molecule has 2 aromatic rings. The average Bonchev–Trinajstić information content (AvgIpc) is 2.49. The molecule has 0 saturated heterocycles. The van der Waals surface area contributed by atoms with Crippen LogP contribution in [0.4, 0.5) is 10.1 Å². The van der Waals surface area contributed by atoms with Gasteiger partial charge in [0.2, 0.25) is 5.75 Å². The normalized spacial score (nSPS) is 10.7. The number of carbonyl (C=O) groups is 1. The number of benzene rings is 2. The molecule has 0 fully saturated rings. The topological polar surface area (TPSA) is 69.4 Å². The first-order valence-electron chi connectivity index (χ1n) is 7.06. The number of hydrogen-bond donors (Lipinski definition) is 0. The van der Waals surface area contributed by atoms with Gasteiger partial charge in [0.25, 0.3) is 0 Å². The highest BCUT2D eigenvalue weighted by molar-refractivity contribution is 5.91. The number of nitro groups is 1. The van der Waals surface area contributed by atoms with Crippen molar-refractivity contribution in [3.8, 4) is 5.75 Å². The van der Waals surface area contributed by atoms with Crippen LogP contribution < -0.4 is 4.74 Å². The Morgan fingerprint density at radius 1 is 1.22 bits per heavy atom. The molecule has 0 aromatic heterocycles. The fourth-order valence-electron chi connectivity index (χ4n) is 2.00. The van der Waals surface area contributed by atoms with E-state index < -0.39 is 16.7 Å². The lowest BCUT2D eigenvalue weighted by Crippen LogP contribution is -2.10. The van der Waals surface area contributed by atoms with Crippen molar-refractivity contribution in [3.63, 3.8) is 0 Å². The Bertz CT molecular complexity index is 771. The predicted octanol–water partition coefficient (Wildman–Crippen LogP) is 4.38. The Morgan fingerprint density at radius 2 is 1.91 bits per heavy atom. The van der Waals surface area contributed by atoms with Crippen LogP contribution in [-0.2, 0) is 0 Å². The van der Waals surface area contributed by atoms with E-state index in [2.05, 4.69) is 0 Å². The third-order valence-electron chi connectivity index (χ3n) is 3.46. The second kappa shape index (κ2) is 6.56. The second-order valence-corrected chi connectivity index (χ2v) is 5.49. The average molecular weight is 317 g/mol. The van der Waals surface area contributed by atoms with Crippen molar-refractivity contribution in [1.29, 1.82) is 0 Å². The van der Waals surface area contributed by atoms with Crippen LogP contribution in [0.25, 0.3) is 0 Å². The highest BCUT2D eigenvalue weighted by atomic mass is 19.1. The standard InChI is InChI=1S/C17H16FNO4/c1-10(2)12-6-7-15(19(21)22)16(9-12)23-17(20)13-5-4-11(3)14(18)8-13/h4-10H,1-3H3. The Hall–Kier alpha value is -2.76. The van der Waals surface area contributed by atoms with E-state index in [1.54, 1.807) is 13.0 Å². The number of hydrogen-bond acceptors (Lipinski definition) is 4. The molecule has 0 saturated carbocycles. The molecule has 0 atom stereocenters. The van der Waals surface area contributed by atoms with Crippen molar-refractivity contribution < 1.29 is 18.8 Å². The molecular formula is C17H16FNO4. The molecule has 0 bridgehead atoms. The number of nitro benzene ring substituents is 1. The smallest absolute Gasteiger partial charge is 0.343 e. The molecule has 0 unspecified atom stereocenters. The number of aryl methyl sites for hydroxylation is 1. The van der Waals surface area contributed by atoms with Gasteiger partial charge < -0.3 is 4.74 Å². The summed E-state index contributed by atoms with van der Waals surface area (Å²) in [6.07, 6.45) is 0. The number of ether oxygens (including phenoxy) is 1. The second-order valence-electron chi connectivity index (χ2n) is 5.49. The lowest BCUT2D eigenvalue weighted by Gasteiger charge is -2.10. The fourth-order valence-corrected chi connectivity index (χ4v) is 2.00. The Balaban J connectivity index is 2.37. The first-order chi connectivity index (χ1) is 10.8. The molecular weight excluding hydrogens is 301 g/mol. The summed E-state index contributed by atoms with van der Waals surface area (Å²) >= 11 is 0. The van der Waals surface area contributed by atoms with Crippen LogP contribution in [-0.4, -0.2) is 10.9 Å². The molecule has 0 spiro atoms. The van der Waals surface area contributed by atoms with Crippen LogP contribution >= 0.6 is 0 Å². The maximum Gasteiger partial charge on any atom is 0.343 e. The quantitative estimate of drug-likeness (QED) is 0.363. The van der Waals surface area contributed by atoms with Gasteiger partial charge in [-0.1, -0.05) is 26.0 Å². The Labute approximate surface area is 132 Å². The summed E-state index contributed by atoms with van der Waals surface area (Å²) < 4.78 is 18.7. The lowest BCUT2D eigenvalue weighted by atomic mass is 10.0. The van der Waals surface area contributed by atoms with Crippen LogP contribution in [0.5, 0.6) is 5.75 Å². The zero-order valence-electron chi connectivity index (χ0n) is 13.0. The molecule has 5 nitrogen and oxygen atoms in total. The maximum absolute atomic E-state index is 13.5. The van der Waals surface area contributed by atoms with Crippen molar-refractivity contribution in [3.05, 3.63) is 69.0 Å². The lowest BCUT2D eigenvalue weighted by molar-refractivity contribution is -0.385. The van der Waals surface area contributed by atoms with Gasteiger partial charge >= 0.3 is 11.7 Å². The molecule has 0 aliphatic rings. The van der Waals surface area contributed by atoms with Gasteiger partial charge in [-0.3, -0.25) is 10.1 Å². The van der Waals surface area contributed by atoms with E-state index in [0.717, 1.165) is 11.6 Å². The summed E-state index contributed by atoms with van der Waals surface area (Å²) in [6.45, 7) is 5.41. The van der Waals surface area contributed by atoms with Gasteiger partial charge in [-0.15, -0.1) is 0 Å². The molecule has 0 aliphatic carbocycles. The zero-order chi connectivity index (χ0) is 17.1. The summed E-state index contributed by atoms with van der Waals surface area (Å²) in [5.74, 6) is -1.41. The largest absolute Gasteiger partial charge is 0.416 e. The maximum atomic E-state index is 13.5. The van der Waals surface area contributed by atoms with Gasteiger partial charge in [0.1, 0.15) is 5.82 Å². The van der Waals surface area contributed by atoms with Gasteiger partial charge in [0.15, 0.2) is 0 Å². The van der Waals surface area contributed by atoms with Gasteiger partial charge in [-0.25, -0.2) is 9.18 Å². The van der Waals surface area contributed by atoms with Gasteiger partial charge in [0, 0.05) is 6.07 Å². The highest BCUT2D eigenvalue weighted by Crippen LogP contribution is 2.31. The van der Waals surface area contributed by atoms with Crippen LogP contribution in [0.3, 0.4) is 0 Å². The number of nitrogens with zero attached hydrogens (tertiary/aromatic N) is 1. The Morgan fingerprint density at radius 3 is 2.48 bits per heavy atom. The number of rotatable bonds is 4. The number of carbonyl (C=O) groups excluding carboxylic acids is 1. The van der Waals surface area contributed by atoms with E-state index in [4.69, 9.17) is 4.74 Å². The van der Waals surface area contributed by atoms with E-state index in [1.165, 1.54) is 24.3 Å². The molecule has 0 amide bonds. The Kier molecular flexibility index (Phi) is 4.74. The van der Waals surface area contributed by atoms with Crippen molar-refractivity contribution in [2.45, 2.75) is 26.7 Å². The molecule has 2 aromatic carbocycles.